The molecule has 4 saturated carbocycles. The molecule has 5 fully saturated rings. The lowest BCUT2D eigenvalue weighted by molar-refractivity contribution is -0.0444. The van der Waals surface area contributed by atoms with Gasteiger partial charge in [-0.1, -0.05) is 134 Å². The summed E-state index contributed by atoms with van der Waals surface area (Å²) in [5, 5.41) is 28.9. The van der Waals surface area contributed by atoms with E-state index in [1.807, 2.05) is 163 Å². The number of imidazole rings is 6. The van der Waals surface area contributed by atoms with Crippen LogP contribution in [0.15, 0.2) is 184 Å². The molecule has 34 nitrogen and oxygen atoms in total. The second kappa shape index (κ2) is 40.6. The molecule has 5 aliphatic rings. The number of aliphatic hydroxyl groups excluding tert-OH is 1. The average Bonchev–Trinajstić information content (AvgIpc) is 0.772. The van der Waals surface area contributed by atoms with Crippen LogP contribution in [0.1, 0.15) is 112 Å². The van der Waals surface area contributed by atoms with Crippen LogP contribution in [0.5, 0.6) is 0 Å². The summed E-state index contributed by atoms with van der Waals surface area (Å²) >= 11 is 0. The van der Waals surface area contributed by atoms with Crippen molar-refractivity contribution < 1.29 is 27.1 Å². The van der Waals surface area contributed by atoms with Gasteiger partial charge >= 0.3 is 30.4 Å². The van der Waals surface area contributed by atoms with Crippen LogP contribution in [0.25, 0.3) is 67.0 Å². The van der Waals surface area contributed by atoms with E-state index in [1.165, 1.54) is 50.4 Å². The van der Waals surface area contributed by atoms with Crippen molar-refractivity contribution in [2.75, 3.05) is 77.1 Å². The Morgan fingerprint density at radius 2 is 0.854 bits per heavy atom. The second-order valence-electron chi connectivity index (χ2n) is 33.4. The van der Waals surface area contributed by atoms with E-state index in [-0.39, 0.29) is 24.7 Å². The van der Waals surface area contributed by atoms with Crippen molar-refractivity contribution in [2.45, 2.75) is 123 Å². The van der Waals surface area contributed by atoms with Gasteiger partial charge in [-0.2, -0.15) is 81.8 Å². The maximum Gasteiger partial charge on any atom is 0.312 e. The van der Waals surface area contributed by atoms with Gasteiger partial charge in [-0.3, -0.25) is 4.98 Å². The number of hydrogen-bond acceptors (Lipinski definition) is 28. The molecule has 14 heterocycles. The van der Waals surface area contributed by atoms with Crippen LogP contribution in [0.4, 0.5) is 62.8 Å². The number of benzene rings is 4. The van der Waals surface area contributed by atoms with Crippen molar-refractivity contribution in [3.8, 4) is 0 Å². The van der Waals surface area contributed by atoms with Crippen LogP contribution >= 0.6 is 0 Å². The highest BCUT2D eigenvalue weighted by Crippen LogP contribution is 2.60. The molecule has 8 N–H and O–H groups in total. The Hall–Kier alpha value is -14.5. The van der Waals surface area contributed by atoms with Crippen molar-refractivity contribution >= 4 is 108 Å². The second-order valence-corrected chi connectivity index (χ2v) is 33.4. The van der Waals surface area contributed by atoms with Gasteiger partial charge in [0.25, 0.3) is 0 Å². The Bertz CT molecular complexity index is 6450. The minimum Gasteiger partial charge on any atom is -0.394 e. The molecule has 4 aliphatic carbocycles. The minimum absolute atomic E-state index is 0.0279. The molecule has 39 heteroatoms. The van der Waals surface area contributed by atoms with Crippen molar-refractivity contribution in [2.24, 2.45) is 44.3 Å². The van der Waals surface area contributed by atoms with Crippen molar-refractivity contribution in [1.29, 1.82) is 0 Å². The Kier molecular flexibility index (Phi) is 27.8. The Balaban J connectivity index is 0.000000115. The Morgan fingerprint density at radius 1 is 0.454 bits per heavy atom. The third-order valence-corrected chi connectivity index (χ3v) is 23.7. The fourth-order valence-electron chi connectivity index (χ4n) is 17.5. The minimum atomic E-state index is -0.787. The molecule has 130 heavy (non-hydrogen) atoms. The highest BCUT2D eigenvalue weighted by molar-refractivity contribution is 5.87. The first kappa shape index (κ1) is 88.9. The predicted octanol–water partition coefficient (Wildman–Crippen LogP) is 14.5. The molecule has 17 aromatic rings. The number of aromatic amines is 1. The summed E-state index contributed by atoms with van der Waals surface area (Å²) in [5.41, 5.74) is 12.7. The van der Waals surface area contributed by atoms with Gasteiger partial charge in [-0.15, -0.1) is 0 Å². The van der Waals surface area contributed by atoms with Crippen LogP contribution in [0.2, 0.25) is 0 Å². The number of aromatic nitrogens is 25. The maximum absolute atomic E-state index is 13.9. The zero-order chi connectivity index (χ0) is 90.4. The number of H-pyrrole nitrogens is 1. The molecule has 672 valence electrons. The topological polar surface area (TPSA) is 384 Å². The molecule has 0 spiro atoms. The van der Waals surface area contributed by atoms with E-state index in [4.69, 9.17) is 9.97 Å². The van der Waals surface area contributed by atoms with Gasteiger partial charge in [0.05, 0.1) is 56.7 Å². The zero-order valence-electron chi connectivity index (χ0n) is 73.3. The number of rotatable bonds is 24. The zero-order valence-corrected chi connectivity index (χ0v) is 73.3. The average molecular weight is 1770 g/mol. The lowest BCUT2D eigenvalue weighted by Crippen LogP contribution is -2.49. The highest BCUT2D eigenvalue weighted by atomic mass is 19.1. The molecular weight excluding hydrogens is 1660 g/mol. The number of aryl methyl sites for hydroxylation is 3. The first-order valence-electron chi connectivity index (χ1n) is 43.2. The van der Waals surface area contributed by atoms with Crippen molar-refractivity contribution in [3.05, 3.63) is 242 Å². The van der Waals surface area contributed by atoms with E-state index in [0.29, 0.717) is 135 Å². The number of likely N-dealkylation sites (N-methyl/N-ethyl adjacent to an activating group) is 2. The van der Waals surface area contributed by atoms with Gasteiger partial charge in [0.15, 0.2) is 96.4 Å². The predicted molar refractivity (Wildman–Crippen MR) is 488 cm³/mol. The Morgan fingerprint density at radius 3 is 1.29 bits per heavy atom. The molecule has 4 aromatic carbocycles. The molecular formula is C91H102F5N33O. The maximum atomic E-state index is 13.9. The number of likely N-dealkylation sites (tertiary alicyclic amines) is 1. The summed E-state index contributed by atoms with van der Waals surface area (Å²) in [6.07, 6.45) is 19.7. The number of anilines is 7. The summed E-state index contributed by atoms with van der Waals surface area (Å²) in [6.45, 7) is 12.0. The van der Waals surface area contributed by atoms with E-state index in [9.17, 15) is 27.1 Å². The number of hydrogen-bond donors (Lipinski definition) is 8. The molecule has 4 bridgehead atoms. The fourth-order valence-corrected chi connectivity index (χ4v) is 17.5. The van der Waals surface area contributed by atoms with Crippen molar-refractivity contribution in [1.82, 2.24) is 127 Å². The highest BCUT2D eigenvalue weighted by Gasteiger charge is 2.51. The number of halogens is 5. The van der Waals surface area contributed by atoms with Gasteiger partial charge in [-0.05, 0) is 136 Å². The van der Waals surface area contributed by atoms with Crippen LogP contribution < -0.4 is 36.8 Å². The molecule has 1 aliphatic heterocycles. The quantitative estimate of drug-likeness (QED) is 0.0206. The lowest BCUT2D eigenvalue weighted by atomic mass is 9.49. The van der Waals surface area contributed by atoms with E-state index >= 15 is 0 Å². The number of aliphatic hydroxyl groups is 1. The summed E-state index contributed by atoms with van der Waals surface area (Å²) in [5.74, 6) is 6.23. The van der Waals surface area contributed by atoms with E-state index < -0.39 is 30.4 Å². The molecule has 13 aromatic heterocycles. The van der Waals surface area contributed by atoms with E-state index in [1.54, 1.807) is 65.5 Å². The van der Waals surface area contributed by atoms with Crippen LogP contribution in [0, 0.1) is 53.6 Å². The molecule has 0 radical (unpaired) electrons. The molecule has 2 atom stereocenters. The fraction of sp³-hybridized carbons (Fsp3) is 0.352. The summed E-state index contributed by atoms with van der Waals surface area (Å²) in [7, 11) is 9.35. The van der Waals surface area contributed by atoms with Crippen molar-refractivity contribution in [3.63, 3.8) is 0 Å². The van der Waals surface area contributed by atoms with Crippen LogP contribution in [0.3, 0.4) is 0 Å². The monoisotopic (exact) mass is 1760 g/mol. The summed E-state index contributed by atoms with van der Waals surface area (Å²) in [4.78, 5) is 84.1. The molecule has 1 unspecified atom stereocenters. The molecule has 22 rings (SSSR count). The van der Waals surface area contributed by atoms with E-state index in [2.05, 4.69) is 160 Å². The van der Waals surface area contributed by atoms with E-state index in [0.717, 1.165) is 83.6 Å². The first-order chi connectivity index (χ1) is 63.2. The number of nitrogens with zero attached hydrogens (tertiary/aromatic N) is 26. The summed E-state index contributed by atoms with van der Waals surface area (Å²) < 4.78 is 76.6. The third-order valence-electron chi connectivity index (χ3n) is 23.7. The van der Waals surface area contributed by atoms with Crippen LogP contribution in [-0.4, -0.2) is 179 Å². The largest absolute Gasteiger partial charge is 0.394 e. The normalized spacial score (nSPS) is 16.9. The van der Waals surface area contributed by atoms with Gasteiger partial charge in [0.2, 0.25) is 5.95 Å². The van der Waals surface area contributed by atoms with Gasteiger partial charge in [0, 0.05) is 92.4 Å². The lowest BCUT2D eigenvalue weighted by Gasteiger charge is -2.57. The van der Waals surface area contributed by atoms with Gasteiger partial charge in [0.1, 0.15) is 5.52 Å². The van der Waals surface area contributed by atoms with Gasteiger partial charge in [-0.25, -0.2) is 29.9 Å². The Labute approximate surface area is 745 Å². The first-order valence-corrected chi connectivity index (χ1v) is 43.2. The number of nitrogens with one attached hydrogen (secondary N) is 7. The van der Waals surface area contributed by atoms with Gasteiger partial charge < -0.3 is 74.6 Å². The summed E-state index contributed by atoms with van der Waals surface area (Å²) in [6, 6.07) is 44.0. The molecule has 0 amide bonds. The SMILES string of the molecule is CC[C@H](CO)N(C)c1nc(NCc2ccccc2)c2ncn(C(C)C)c2n1.Cn1cnc2c(NCC34CC5CC(CC(C5)C3)C4)nc(F)nc21.Cn1cnc2c(NCc3ccccc3)nc([18F])nc21.Cn1cnc2c(NCc3cccnc3)nc(F)nc21.[11CH3]N1CCC(n2cnc3c(NCc4ccccc4)nc(F)nc32)C1.[18F]c1nc(NCc2ccccc2)c2[nH]cnc2n1. The third kappa shape index (κ3) is 21.3. The standard InChI is InChI=1S/C20H28N6O.C17H19FN6.C17H22FN5.C13H12FN5.C12H11FN6.C12H10FN5/c1-5-16(12-27)25(4)20-23-18(21-11-15-9-7-6-8-10-15)17-19(24-20)26(13-22-17)14(2)3;1-23-8-7-13(10-23)24-11-20-14-15(21-17(18)22-16(14)24)19-9-12-5-3-2-4-6-12;1-23-9-20-13-14(21-16(18)22-15(13)23)19-8-17-5-10-2-11(6-17)4-12(3-10)7-17;1-19-8-16-10-11(17-13(14)18-12(10)19)15-7-9-5-3-2-4-6-9;1-19-7-16-9-10(17-12(13)18-11(9)19)15-6-8-3-2-4-14-5-8;13-12-17-10(9-11(18-12)16-7-15-9)14-6-8-4-2-1-3-5-8/h6-10,13-14,16,27H,5,11-12H2,1-4H3,(H,21,23,24);2-6,11,13H,7-10H2,1H3,(H,19,21,22);9-12H,2-8H2,1H3,(H,19,21,22);2-6,8H,7H2,1H3,(H,15,17,18);2-5,7H,6H2,1H3,(H,15,17,18);1-5,7H,6H2,(H2,14,15,16,17,18)/t16-;;;;;/m1...../s1/i;1-1;;14-1;;13-1. The van der Waals surface area contributed by atoms with Crippen LogP contribution in [-0.2, 0) is 53.9 Å². The molecule has 1 saturated heterocycles. The number of fused-ring (bicyclic) bond motifs is 6. The number of pyridine rings is 1. The smallest absolute Gasteiger partial charge is 0.312 e.